The number of hydrogen-bond donors (Lipinski definition) is 3. The van der Waals surface area contributed by atoms with Crippen LogP contribution in [0.2, 0.25) is 0 Å². The minimum atomic E-state index is -0.632. The molecule has 3 rings (SSSR count). The molecule has 0 radical (unpaired) electrons. The van der Waals surface area contributed by atoms with E-state index >= 15 is 0 Å². The van der Waals surface area contributed by atoms with Crippen molar-refractivity contribution in [2.75, 3.05) is 5.32 Å². The van der Waals surface area contributed by atoms with E-state index in [1.54, 1.807) is 36.4 Å². The van der Waals surface area contributed by atoms with Crippen LogP contribution in [0.4, 0.5) is 15.9 Å². The van der Waals surface area contributed by atoms with E-state index in [0.29, 0.717) is 5.69 Å². The summed E-state index contributed by atoms with van der Waals surface area (Å²) in [5, 5.41) is 21.5. The first kappa shape index (κ1) is 15.5. The van der Waals surface area contributed by atoms with Crippen LogP contribution < -0.4 is 10.1 Å². The van der Waals surface area contributed by atoms with E-state index < -0.39 is 5.82 Å². The van der Waals surface area contributed by atoms with E-state index in [2.05, 4.69) is 15.3 Å². The van der Waals surface area contributed by atoms with Gasteiger partial charge in [-0.2, -0.15) is 4.98 Å². The molecule has 0 saturated heterocycles. The molecule has 0 aliphatic heterocycles. The van der Waals surface area contributed by atoms with Crippen LogP contribution in [0.5, 0.6) is 17.5 Å². The van der Waals surface area contributed by atoms with Gasteiger partial charge in [0, 0.05) is 5.69 Å². The van der Waals surface area contributed by atoms with Crippen molar-refractivity contribution in [3.05, 3.63) is 66.1 Å². The molecule has 0 aliphatic rings. The Balaban J connectivity index is 1.72. The Bertz CT molecular complexity index is 841. The lowest BCUT2D eigenvalue weighted by molar-refractivity contribution is 0.279. The lowest BCUT2D eigenvalue weighted by atomic mass is 10.2. The molecule has 0 bridgehead atoms. The van der Waals surface area contributed by atoms with Gasteiger partial charge >= 0.3 is 6.01 Å². The Morgan fingerprint density at radius 1 is 1.04 bits per heavy atom. The molecule has 0 aliphatic carbocycles. The van der Waals surface area contributed by atoms with Crippen molar-refractivity contribution >= 4 is 11.5 Å². The highest BCUT2D eigenvalue weighted by Crippen LogP contribution is 2.21. The van der Waals surface area contributed by atoms with Crippen LogP contribution in [-0.2, 0) is 6.61 Å². The molecule has 3 aromatic rings. The molecular formula is C17H14FN3O3. The third-order valence-electron chi connectivity index (χ3n) is 3.13. The maximum atomic E-state index is 13.8. The summed E-state index contributed by atoms with van der Waals surface area (Å²) >= 11 is 0. The number of aromatic hydroxyl groups is 2. The highest BCUT2D eigenvalue weighted by molar-refractivity contribution is 5.57. The number of aromatic nitrogens is 2. The second-order valence-electron chi connectivity index (χ2n) is 4.98. The van der Waals surface area contributed by atoms with E-state index in [1.165, 1.54) is 12.1 Å². The maximum Gasteiger partial charge on any atom is 0.318 e. The number of halogens is 1. The van der Waals surface area contributed by atoms with Crippen LogP contribution in [0.25, 0.3) is 0 Å². The predicted octanol–water partition coefficient (Wildman–Crippen LogP) is 3.35. The van der Waals surface area contributed by atoms with Gasteiger partial charge in [0.1, 0.15) is 18.1 Å². The highest BCUT2D eigenvalue weighted by atomic mass is 19.1. The van der Waals surface area contributed by atoms with Crippen molar-refractivity contribution < 1.29 is 19.3 Å². The Labute approximate surface area is 137 Å². The van der Waals surface area contributed by atoms with Gasteiger partial charge in [-0.3, -0.25) is 0 Å². The van der Waals surface area contributed by atoms with Gasteiger partial charge < -0.3 is 20.3 Å². The van der Waals surface area contributed by atoms with Gasteiger partial charge in [-0.15, -0.1) is 0 Å². The third-order valence-corrected chi connectivity index (χ3v) is 3.13. The van der Waals surface area contributed by atoms with E-state index in [9.17, 15) is 14.6 Å². The Hall–Kier alpha value is -3.35. The zero-order valence-corrected chi connectivity index (χ0v) is 12.5. The standard InChI is InChI=1S/C17H14FN3O3/c18-15-9-19-17(24-10-11-2-1-3-14(23)8-11)21-16(15)20-12-4-6-13(22)7-5-12/h1-9,22-23H,10H2,(H,19,20,21). The lowest BCUT2D eigenvalue weighted by Crippen LogP contribution is -2.03. The number of ether oxygens (including phenoxy) is 1. The molecule has 1 aromatic heterocycles. The van der Waals surface area contributed by atoms with Gasteiger partial charge in [0.25, 0.3) is 0 Å². The average Bonchev–Trinajstić information content (AvgIpc) is 2.58. The Morgan fingerprint density at radius 3 is 2.58 bits per heavy atom. The summed E-state index contributed by atoms with van der Waals surface area (Å²) in [6.07, 6.45) is 1.01. The normalized spacial score (nSPS) is 10.4. The van der Waals surface area contributed by atoms with Gasteiger partial charge in [0.2, 0.25) is 0 Å². The summed E-state index contributed by atoms with van der Waals surface area (Å²) in [7, 11) is 0. The van der Waals surface area contributed by atoms with Crippen LogP contribution in [0.15, 0.2) is 54.7 Å². The number of benzene rings is 2. The number of rotatable bonds is 5. The fraction of sp³-hybridized carbons (Fsp3) is 0.0588. The molecule has 3 N–H and O–H groups in total. The number of anilines is 2. The molecule has 24 heavy (non-hydrogen) atoms. The minimum absolute atomic E-state index is 0.000946. The smallest absolute Gasteiger partial charge is 0.318 e. The van der Waals surface area contributed by atoms with E-state index in [1.807, 2.05) is 0 Å². The van der Waals surface area contributed by atoms with Gasteiger partial charge in [0.05, 0.1) is 6.20 Å². The zero-order chi connectivity index (χ0) is 16.9. The van der Waals surface area contributed by atoms with E-state index in [0.717, 1.165) is 11.8 Å². The van der Waals surface area contributed by atoms with Crippen LogP contribution >= 0.6 is 0 Å². The first-order valence-corrected chi connectivity index (χ1v) is 7.09. The topological polar surface area (TPSA) is 87.5 Å². The molecule has 0 amide bonds. The number of nitrogens with one attached hydrogen (secondary N) is 1. The quantitative estimate of drug-likeness (QED) is 0.623. The first-order valence-electron chi connectivity index (χ1n) is 7.09. The molecule has 2 aromatic carbocycles. The maximum absolute atomic E-state index is 13.8. The minimum Gasteiger partial charge on any atom is -0.508 e. The van der Waals surface area contributed by atoms with Crippen molar-refractivity contribution in [2.24, 2.45) is 0 Å². The highest BCUT2D eigenvalue weighted by Gasteiger charge is 2.09. The Kier molecular flexibility index (Phi) is 4.42. The molecule has 0 atom stereocenters. The average molecular weight is 327 g/mol. The van der Waals surface area contributed by atoms with Crippen LogP contribution in [0.3, 0.4) is 0 Å². The summed E-state index contributed by atoms with van der Waals surface area (Å²) in [5.41, 5.74) is 1.29. The van der Waals surface area contributed by atoms with Crippen molar-refractivity contribution in [3.8, 4) is 17.5 Å². The van der Waals surface area contributed by atoms with Crippen LogP contribution in [0, 0.1) is 5.82 Å². The molecule has 6 nitrogen and oxygen atoms in total. The van der Waals surface area contributed by atoms with Crippen molar-refractivity contribution in [1.82, 2.24) is 9.97 Å². The number of phenolic OH excluding ortho intramolecular Hbond substituents is 2. The molecule has 0 saturated carbocycles. The second-order valence-corrected chi connectivity index (χ2v) is 4.98. The second kappa shape index (κ2) is 6.82. The van der Waals surface area contributed by atoms with Gasteiger partial charge in [-0.1, -0.05) is 12.1 Å². The summed E-state index contributed by atoms with van der Waals surface area (Å²) in [5.74, 6) is -0.431. The largest absolute Gasteiger partial charge is 0.508 e. The van der Waals surface area contributed by atoms with Crippen LogP contribution in [0.1, 0.15) is 5.56 Å². The molecule has 1 heterocycles. The number of hydrogen-bond acceptors (Lipinski definition) is 6. The number of nitrogens with zero attached hydrogens (tertiary/aromatic N) is 2. The zero-order valence-electron chi connectivity index (χ0n) is 12.5. The fourth-order valence-electron chi connectivity index (χ4n) is 1.98. The molecule has 122 valence electrons. The fourth-order valence-corrected chi connectivity index (χ4v) is 1.98. The Morgan fingerprint density at radius 2 is 1.83 bits per heavy atom. The van der Waals surface area contributed by atoms with Gasteiger partial charge in [-0.25, -0.2) is 9.37 Å². The lowest BCUT2D eigenvalue weighted by Gasteiger charge is -2.09. The summed E-state index contributed by atoms with van der Waals surface area (Å²) in [4.78, 5) is 7.76. The molecule has 0 fully saturated rings. The van der Waals surface area contributed by atoms with E-state index in [-0.39, 0.29) is 29.9 Å². The predicted molar refractivity (Wildman–Crippen MR) is 85.8 cm³/mol. The van der Waals surface area contributed by atoms with Crippen LogP contribution in [-0.4, -0.2) is 20.2 Å². The molecule has 7 heteroatoms. The van der Waals surface area contributed by atoms with Crippen molar-refractivity contribution in [2.45, 2.75) is 6.61 Å². The van der Waals surface area contributed by atoms with Gasteiger partial charge in [0.15, 0.2) is 11.6 Å². The van der Waals surface area contributed by atoms with Crippen molar-refractivity contribution in [1.29, 1.82) is 0 Å². The summed E-state index contributed by atoms with van der Waals surface area (Å²) < 4.78 is 19.2. The molecule has 0 spiro atoms. The summed E-state index contributed by atoms with van der Waals surface area (Å²) in [6.45, 7) is 0.138. The summed E-state index contributed by atoms with van der Waals surface area (Å²) in [6, 6.07) is 12.7. The van der Waals surface area contributed by atoms with Crippen molar-refractivity contribution in [3.63, 3.8) is 0 Å². The van der Waals surface area contributed by atoms with Gasteiger partial charge in [-0.05, 0) is 42.0 Å². The molecular weight excluding hydrogens is 313 g/mol. The SMILES string of the molecule is Oc1ccc(Nc2nc(OCc3cccc(O)c3)ncc2F)cc1. The third kappa shape index (κ3) is 3.89. The first-order chi connectivity index (χ1) is 11.6. The molecule has 0 unspecified atom stereocenters. The van der Waals surface area contributed by atoms with E-state index in [4.69, 9.17) is 4.74 Å². The number of phenols is 2. The monoisotopic (exact) mass is 327 g/mol.